The van der Waals surface area contributed by atoms with Crippen molar-refractivity contribution in [3.63, 3.8) is 0 Å². The van der Waals surface area contributed by atoms with E-state index in [0.29, 0.717) is 10.0 Å². The van der Waals surface area contributed by atoms with Gasteiger partial charge in [-0.3, -0.25) is 14.9 Å². The molecule has 1 aromatic rings. The maximum atomic E-state index is 12.4. The number of amides is 2. The highest BCUT2D eigenvalue weighted by molar-refractivity contribution is 9.10. The van der Waals surface area contributed by atoms with E-state index < -0.39 is 28.9 Å². The highest BCUT2D eigenvalue weighted by atomic mass is 79.9. The average Bonchev–Trinajstić information content (AvgIpc) is 2.54. The molecule has 0 unspecified atom stereocenters. The van der Waals surface area contributed by atoms with Crippen molar-refractivity contribution >= 4 is 33.6 Å². The lowest BCUT2D eigenvalue weighted by Crippen LogP contribution is -2.51. The van der Waals surface area contributed by atoms with Crippen LogP contribution in [0, 0.1) is 16.0 Å². The first-order valence-electron chi connectivity index (χ1n) is 7.21. The van der Waals surface area contributed by atoms with Gasteiger partial charge < -0.3 is 20.1 Å². The van der Waals surface area contributed by atoms with E-state index in [0.717, 1.165) is 0 Å². The van der Waals surface area contributed by atoms with Crippen LogP contribution in [0.1, 0.15) is 11.6 Å². The van der Waals surface area contributed by atoms with E-state index in [1.54, 1.807) is 6.07 Å². The van der Waals surface area contributed by atoms with Gasteiger partial charge in [0.1, 0.15) is 12.5 Å². The van der Waals surface area contributed by atoms with Gasteiger partial charge in [0.15, 0.2) is 0 Å². The number of carbonyl (C=O) groups is 2. The van der Waals surface area contributed by atoms with Crippen LogP contribution in [0.5, 0.6) is 0 Å². The van der Waals surface area contributed by atoms with Gasteiger partial charge in [-0.1, -0.05) is 12.6 Å². The quantitative estimate of drug-likeness (QED) is 0.318. The second-order valence-electron chi connectivity index (χ2n) is 5.21. The Morgan fingerprint density at radius 1 is 1.44 bits per heavy atom. The van der Waals surface area contributed by atoms with Crippen molar-refractivity contribution in [2.24, 2.45) is 5.92 Å². The summed E-state index contributed by atoms with van der Waals surface area (Å²) in [5, 5.41) is 16.1. The van der Waals surface area contributed by atoms with E-state index in [-0.39, 0.29) is 24.6 Å². The fourth-order valence-corrected chi connectivity index (χ4v) is 2.81. The van der Waals surface area contributed by atoms with E-state index >= 15 is 0 Å². The summed E-state index contributed by atoms with van der Waals surface area (Å²) in [6.07, 6.45) is 0. The Kier molecular flexibility index (Phi) is 6.10. The third-order valence-electron chi connectivity index (χ3n) is 3.58. The van der Waals surface area contributed by atoms with Gasteiger partial charge in [-0.05, 0) is 27.6 Å². The molecule has 9 nitrogen and oxygen atoms in total. The molecule has 0 radical (unpaired) electrons. The molecule has 0 saturated carbocycles. The number of nitro groups is 1. The van der Waals surface area contributed by atoms with Crippen LogP contribution in [0.15, 0.2) is 34.9 Å². The second kappa shape index (κ2) is 8.08. The molecule has 10 heteroatoms. The number of ether oxygens (including phenoxy) is 2. The highest BCUT2D eigenvalue weighted by Gasteiger charge is 2.39. The summed E-state index contributed by atoms with van der Waals surface area (Å²) in [6.45, 7) is 3.96. The van der Waals surface area contributed by atoms with Crippen LogP contribution in [0.25, 0.3) is 0 Å². The van der Waals surface area contributed by atoms with Gasteiger partial charge >= 0.3 is 12.0 Å². The van der Waals surface area contributed by atoms with Crippen molar-refractivity contribution in [1.82, 2.24) is 10.6 Å². The number of hydrogen-bond acceptors (Lipinski definition) is 6. The second-order valence-corrected chi connectivity index (χ2v) is 6.06. The Hall–Kier alpha value is -2.46. The number of urea groups is 1. The highest BCUT2D eigenvalue weighted by Crippen LogP contribution is 2.34. The minimum Gasteiger partial charge on any atom is -0.463 e. The Morgan fingerprint density at radius 3 is 2.80 bits per heavy atom. The van der Waals surface area contributed by atoms with Crippen molar-refractivity contribution in [3.05, 3.63) is 50.6 Å². The maximum Gasteiger partial charge on any atom is 0.319 e. The Morgan fingerprint density at radius 2 is 2.16 bits per heavy atom. The van der Waals surface area contributed by atoms with Crippen LogP contribution in [-0.4, -0.2) is 37.2 Å². The van der Waals surface area contributed by atoms with Gasteiger partial charge in [-0.15, -0.1) is 0 Å². The first-order valence-corrected chi connectivity index (χ1v) is 8.00. The normalized spacial score (nSPS) is 19.8. The Bertz CT molecular complexity index is 723. The van der Waals surface area contributed by atoms with Crippen molar-refractivity contribution in [3.8, 4) is 0 Å². The van der Waals surface area contributed by atoms with Gasteiger partial charge in [0, 0.05) is 18.9 Å². The summed E-state index contributed by atoms with van der Waals surface area (Å²) in [7, 11) is 1.47. The van der Waals surface area contributed by atoms with E-state index in [4.69, 9.17) is 9.47 Å². The number of benzene rings is 1. The maximum absolute atomic E-state index is 12.4. The predicted molar refractivity (Wildman–Crippen MR) is 90.7 cm³/mol. The monoisotopic (exact) mass is 413 g/mol. The van der Waals surface area contributed by atoms with Crippen LogP contribution < -0.4 is 10.6 Å². The third kappa shape index (κ3) is 4.34. The number of rotatable bonds is 6. The van der Waals surface area contributed by atoms with Crippen LogP contribution >= 0.6 is 15.9 Å². The SMILES string of the molecule is C=C1NC(=O)N[C@H](c2ccc(Br)c([N+](=O)[O-])c2)[C@H]1C(=O)OCCOC. The molecule has 2 atom stereocenters. The molecular formula is C15H16BrN3O6. The zero-order chi connectivity index (χ0) is 18.6. The molecule has 0 spiro atoms. The summed E-state index contributed by atoms with van der Waals surface area (Å²) < 4.78 is 10.2. The number of halogens is 1. The molecule has 25 heavy (non-hydrogen) atoms. The number of nitrogens with zero attached hydrogens (tertiary/aromatic N) is 1. The minimum absolute atomic E-state index is 0.0419. The van der Waals surface area contributed by atoms with Gasteiger partial charge in [0.05, 0.1) is 22.0 Å². The lowest BCUT2D eigenvalue weighted by molar-refractivity contribution is -0.385. The minimum atomic E-state index is -0.935. The Labute approximate surface area is 151 Å². The molecule has 1 aliphatic heterocycles. The van der Waals surface area contributed by atoms with Gasteiger partial charge in [-0.2, -0.15) is 0 Å². The lowest BCUT2D eigenvalue weighted by Gasteiger charge is -2.33. The molecule has 1 saturated heterocycles. The molecule has 2 amide bonds. The molecule has 1 aliphatic rings. The first-order chi connectivity index (χ1) is 11.8. The van der Waals surface area contributed by atoms with Crippen LogP contribution in [0.2, 0.25) is 0 Å². The molecule has 1 heterocycles. The topological polar surface area (TPSA) is 120 Å². The van der Waals surface area contributed by atoms with Gasteiger partial charge in [0.25, 0.3) is 5.69 Å². The third-order valence-corrected chi connectivity index (χ3v) is 4.25. The van der Waals surface area contributed by atoms with Gasteiger partial charge in [0.2, 0.25) is 0 Å². The summed E-state index contributed by atoms with van der Waals surface area (Å²) in [4.78, 5) is 34.7. The molecule has 0 aliphatic carbocycles. The standard InChI is InChI=1S/C15H16BrN3O6/c1-8-12(14(20)25-6-5-24-2)13(18-15(21)17-8)9-3-4-10(16)11(7-9)19(22)23/h3-4,7,12-13H,1,5-6H2,2H3,(H2,17,18,21)/t12-,13+/m0/s1. The van der Waals surface area contributed by atoms with E-state index in [2.05, 4.69) is 33.1 Å². The predicted octanol–water partition coefficient (Wildman–Crippen LogP) is 2.03. The average molecular weight is 414 g/mol. The number of hydrogen-bond donors (Lipinski definition) is 2. The van der Waals surface area contributed by atoms with Crippen LogP contribution in [0.3, 0.4) is 0 Å². The lowest BCUT2D eigenvalue weighted by atomic mass is 9.89. The van der Waals surface area contributed by atoms with Gasteiger partial charge in [-0.25, -0.2) is 4.79 Å². The Balaban J connectivity index is 2.35. The number of carbonyl (C=O) groups excluding carboxylic acids is 2. The smallest absolute Gasteiger partial charge is 0.319 e. The fourth-order valence-electron chi connectivity index (χ4n) is 2.42. The number of esters is 1. The van der Waals surface area contributed by atoms with E-state index in [9.17, 15) is 19.7 Å². The van der Waals surface area contributed by atoms with E-state index in [1.807, 2.05) is 0 Å². The zero-order valence-corrected chi connectivity index (χ0v) is 14.9. The summed E-state index contributed by atoms with van der Waals surface area (Å²) in [5.41, 5.74) is 0.365. The van der Waals surface area contributed by atoms with Crippen LogP contribution in [-0.2, 0) is 14.3 Å². The molecule has 134 valence electrons. The number of methoxy groups -OCH3 is 1. The van der Waals surface area contributed by atoms with Crippen molar-refractivity contribution in [1.29, 1.82) is 0 Å². The molecule has 1 fully saturated rings. The molecule has 2 rings (SSSR count). The van der Waals surface area contributed by atoms with Crippen molar-refractivity contribution < 1.29 is 24.0 Å². The number of nitrogens with one attached hydrogen (secondary N) is 2. The molecule has 0 bridgehead atoms. The molecule has 2 N–H and O–H groups in total. The van der Waals surface area contributed by atoms with Crippen LogP contribution in [0.4, 0.5) is 10.5 Å². The molecular weight excluding hydrogens is 398 g/mol. The van der Waals surface area contributed by atoms with Crippen molar-refractivity contribution in [2.45, 2.75) is 6.04 Å². The summed E-state index contributed by atoms with van der Waals surface area (Å²) in [5.74, 6) is -1.56. The number of nitro benzene ring substituents is 1. The van der Waals surface area contributed by atoms with Crippen molar-refractivity contribution in [2.75, 3.05) is 20.3 Å². The largest absolute Gasteiger partial charge is 0.463 e. The summed E-state index contributed by atoms with van der Waals surface area (Å²) in [6, 6.07) is 2.96. The summed E-state index contributed by atoms with van der Waals surface area (Å²) >= 11 is 3.10. The molecule has 0 aromatic heterocycles. The zero-order valence-electron chi connectivity index (χ0n) is 13.3. The first kappa shape index (κ1) is 18.9. The fraction of sp³-hybridized carbons (Fsp3) is 0.333. The molecule has 1 aromatic carbocycles. The van der Waals surface area contributed by atoms with E-state index in [1.165, 1.54) is 19.2 Å².